The highest BCUT2D eigenvalue weighted by atomic mass is 35.5. The molecule has 3 aromatic rings. The van der Waals surface area contributed by atoms with Crippen molar-refractivity contribution < 1.29 is 18.7 Å². The van der Waals surface area contributed by atoms with Crippen molar-refractivity contribution in [1.29, 1.82) is 0 Å². The van der Waals surface area contributed by atoms with Gasteiger partial charge in [0.15, 0.2) is 11.5 Å². The Kier molecular flexibility index (Phi) is 5.17. The van der Waals surface area contributed by atoms with E-state index in [0.717, 1.165) is 11.1 Å². The van der Waals surface area contributed by atoms with Crippen LogP contribution >= 0.6 is 23.4 Å². The molecule has 0 aliphatic carbocycles. The molecule has 0 fully saturated rings. The van der Waals surface area contributed by atoms with Gasteiger partial charge in [-0.3, -0.25) is 4.79 Å². The number of fused-ring (bicyclic) bond motifs is 1. The second kappa shape index (κ2) is 7.89. The number of thioether (sulfide) groups is 1. The van der Waals surface area contributed by atoms with Crippen LogP contribution < -0.4 is 14.8 Å². The van der Waals surface area contributed by atoms with E-state index in [1.807, 2.05) is 18.2 Å². The number of benzene rings is 2. The second-order valence-electron chi connectivity index (χ2n) is 5.63. The predicted octanol–water partition coefficient (Wildman–Crippen LogP) is 3.53. The quantitative estimate of drug-likeness (QED) is 0.630. The monoisotopic (exact) mass is 403 g/mol. The van der Waals surface area contributed by atoms with E-state index in [1.165, 1.54) is 11.8 Å². The number of rotatable bonds is 6. The maximum Gasteiger partial charge on any atom is 0.277 e. The standard InChI is InChI=1S/C18H14ClN3O4S/c19-13-4-1-11(2-5-13)8-20-16(23)9-27-18-22-21-17(26-18)12-3-6-14-15(7-12)25-10-24-14/h1-7H,8-10H2,(H,20,23). The zero-order valence-electron chi connectivity index (χ0n) is 14.0. The van der Waals surface area contributed by atoms with Crippen molar-refractivity contribution >= 4 is 29.3 Å². The third-order valence-electron chi connectivity index (χ3n) is 3.76. The smallest absolute Gasteiger partial charge is 0.277 e. The maximum absolute atomic E-state index is 12.0. The molecule has 0 atom stereocenters. The molecule has 0 spiro atoms. The van der Waals surface area contributed by atoms with Crippen LogP contribution in [0.2, 0.25) is 5.02 Å². The normalized spacial score (nSPS) is 12.2. The summed E-state index contributed by atoms with van der Waals surface area (Å²) in [7, 11) is 0. The van der Waals surface area contributed by atoms with E-state index in [-0.39, 0.29) is 18.5 Å². The van der Waals surface area contributed by atoms with Gasteiger partial charge >= 0.3 is 0 Å². The number of halogens is 1. The summed E-state index contributed by atoms with van der Waals surface area (Å²) in [6.45, 7) is 0.637. The summed E-state index contributed by atoms with van der Waals surface area (Å²) in [5.74, 6) is 1.73. The summed E-state index contributed by atoms with van der Waals surface area (Å²) in [5, 5.41) is 11.8. The van der Waals surface area contributed by atoms with Gasteiger partial charge in [0.05, 0.1) is 5.75 Å². The minimum absolute atomic E-state index is 0.127. The van der Waals surface area contributed by atoms with Crippen LogP contribution in [0.1, 0.15) is 5.56 Å². The first-order valence-electron chi connectivity index (χ1n) is 8.05. The van der Waals surface area contributed by atoms with E-state index in [4.69, 9.17) is 25.5 Å². The number of nitrogens with zero attached hydrogens (tertiary/aromatic N) is 2. The van der Waals surface area contributed by atoms with Crippen LogP contribution in [0.15, 0.2) is 52.1 Å². The van der Waals surface area contributed by atoms with Gasteiger partial charge in [-0.25, -0.2) is 0 Å². The molecule has 2 heterocycles. The molecule has 1 aliphatic heterocycles. The van der Waals surface area contributed by atoms with Crippen molar-refractivity contribution in [1.82, 2.24) is 15.5 Å². The topological polar surface area (TPSA) is 86.5 Å². The Balaban J connectivity index is 1.30. The van der Waals surface area contributed by atoms with Crippen LogP contribution in [0.4, 0.5) is 0 Å². The first-order valence-corrected chi connectivity index (χ1v) is 9.41. The van der Waals surface area contributed by atoms with Gasteiger partial charge in [-0.05, 0) is 35.9 Å². The lowest BCUT2D eigenvalue weighted by Gasteiger charge is -2.04. The van der Waals surface area contributed by atoms with Crippen molar-refractivity contribution in [3.05, 3.63) is 53.1 Å². The van der Waals surface area contributed by atoms with Gasteiger partial charge in [-0.2, -0.15) is 0 Å². The molecular formula is C18H14ClN3O4S. The fraction of sp³-hybridized carbons (Fsp3) is 0.167. The van der Waals surface area contributed by atoms with Gasteiger partial charge in [0.2, 0.25) is 18.6 Å². The van der Waals surface area contributed by atoms with E-state index in [9.17, 15) is 4.79 Å². The number of hydrogen-bond acceptors (Lipinski definition) is 7. The number of aromatic nitrogens is 2. The molecule has 0 saturated heterocycles. The van der Waals surface area contributed by atoms with Crippen LogP contribution in [0.5, 0.6) is 11.5 Å². The zero-order valence-corrected chi connectivity index (χ0v) is 15.5. The number of amides is 1. The molecule has 1 amide bonds. The van der Waals surface area contributed by atoms with Crippen molar-refractivity contribution in [2.45, 2.75) is 11.8 Å². The Morgan fingerprint density at radius 2 is 1.93 bits per heavy atom. The minimum Gasteiger partial charge on any atom is -0.454 e. The molecule has 1 aliphatic rings. The second-order valence-corrected chi connectivity index (χ2v) is 7.00. The van der Waals surface area contributed by atoms with Gasteiger partial charge in [0.25, 0.3) is 5.22 Å². The minimum atomic E-state index is -0.127. The van der Waals surface area contributed by atoms with Crippen LogP contribution in [0, 0.1) is 0 Å². The number of hydrogen-bond donors (Lipinski definition) is 1. The van der Waals surface area contributed by atoms with Gasteiger partial charge < -0.3 is 19.2 Å². The molecule has 0 radical (unpaired) electrons. The van der Waals surface area contributed by atoms with Gasteiger partial charge in [-0.15, -0.1) is 10.2 Å². The Labute approximate surface area is 164 Å². The van der Waals surface area contributed by atoms with Crippen LogP contribution in [0.25, 0.3) is 11.5 Å². The number of nitrogens with one attached hydrogen (secondary N) is 1. The summed E-state index contributed by atoms with van der Waals surface area (Å²) < 4.78 is 16.2. The average Bonchev–Trinajstić information content (AvgIpc) is 3.34. The summed E-state index contributed by atoms with van der Waals surface area (Å²) in [6.07, 6.45) is 0. The molecule has 1 aromatic heterocycles. The highest BCUT2D eigenvalue weighted by Gasteiger charge is 2.17. The van der Waals surface area contributed by atoms with Crippen molar-refractivity contribution in [3.63, 3.8) is 0 Å². The molecule has 0 bridgehead atoms. The van der Waals surface area contributed by atoms with Crippen LogP contribution in [-0.2, 0) is 11.3 Å². The van der Waals surface area contributed by atoms with Crippen LogP contribution in [-0.4, -0.2) is 28.7 Å². The van der Waals surface area contributed by atoms with E-state index < -0.39 is 0 Å². The molecule has 138 valence electrons. The molecule has 0 unspecified atom stereocenters. The summed E-state index contributed by atoms with van der Waals surface area (Å²) >= 11 is 7.02. The first kappa shape index (κ1) is 17.7. The molecular weight excluding hydrogens is 390 g/mol. The van der Waals surface area contributed by atoms with Crippen molar-refractivity contribution in [3.8, 4) is 23.0 Å². The molecule has 7 nitrogen and oxygen atoms in total. The van der Waals surface area contributed by atoms with Crippen LogP contribution in [0.3, 0.4) is 0 Å². The zero-order chi connectivity index (χ0) is 18.6. The molecule has 1 N–H and O–H groups in total. The molecule has 9 heteroatoms. The fourth-order valence-corrected chi connectivity index (χ4v) is 3.11. The first-order chi connectivity index (χ1) is 13.2. The van der Waals surface area contributed by atoms with Gasteiger partial charge in [0.1, 0.15) is 0 Å². The lowest BCUT2D eigenvalue weighted by atomic mass is 10.2. The molecule has 4 rings (SSSR count). The maximum atomic E-state index is 12.0. The lowest BCUT2D eigenvalue weighted by Crippen LogP contribution is -2.24. The third kappa shape index (κ3) is 4.35. The number of ether oxygens (including phenoxy) is 2. The van der Waals surface area contributed by atoms with Gasteiger partial charge in [0, 0.05) is 17.1 Å². The summed E-state index contributed by atoms with van der Waals surface area (Å²) in [5.41, 5.74) is 1.70. The molecule has 0 saturated carbocycles. The van der Waals surface area contributed by atoms with Crippen molar-refractivity contribution in [2.24, 2.45) is 0 Å². The number of carbonyl (C=O) groups is 1. The van der Waals surface area contributed by atoms with E-state index in [1.54, 1.807) is 24.3 Å². The highest BCUT2D eigenvalue weighted by molar-refractivity contribution is 7.99. The Hall–Kier alpha value is -2.71. The predicted molar refractivity (Wildman–Crippen MR) is 99.9 cm³/mol. The van der Waals surface area contributed by atoms with E-state index in [2.05, 4.69) is 15.5 Å². The summed E-state index contributed by atoms with van der Waals surface area (Å²) in [4.78, 5) is 12.0. The van der Waals surface area contributed by atoms with E-state index in [0.29, 0.717) is 34.2 Å². The Morgan fingerprint density at radius 1 is 1.11 bits per heavy atom. The Morgan fingerprint density at radius 3 is 2.78 bits per heavy atom. The fourth-order valence-electron chi connectivity index (χ4n) is 2.40. The molecule has 2 aromatic carbocycles. The van der Waals surface area contributed by atoms with Crippen molar-refractivity contribution in [2.75, 3.05) is 12.5 Å². The number of carbonyl (C=O) groups excluding carboxylic acids is 1. The van der Waals surface area contributed by atoms with Gasteiger partial charge in [-0.1, -0.05) is 35.5 Å². The largest absolute Gasteiger partial charge is 0.454 e. The average molecular weight is 404 g/mol. The molecule has 27 heavy (non-hydrogen) atoms. The highest BCUT2D eigenvalue weighted by Crippen LogP contribution is 2.35. The van der Waals surface area contributed by atoms with E-state index >= 15 is 0 Å². The SMILES string of the molecule is O=C(CSc1nnc(-c2ccc3c(c2)OCO3)o1)NCc1ccc(Cl)cc1. The lowest BCUT2D eigenvalue weighted by molar-refractivity contribution is -0.118. The third-order valence-corrected chi connectivity index (χ3v) is 4.83. The Bertz CT molecular complexity index is 961. The summed E-state index contributed by atoms with van der Waals surface area (Å²) in [6, 6.07) is 12.7.